The molecule has 4 nitrogen and oxygen atoms in total. The molecular weight excluding hydrogens is 290 g/mol. The normalized spacial score (nSPS) is 10.8. The molecule has 0 saturated carbocycles. The molecule has 0 fully saturated rings. The molecule has 1 rings (SSSR count). The Morgan fingerprint density at radius 2 is 1.74 bits per heavy atom. The van der Waals surface area contributed by atoms with E-state index >= 15 is 0 Å². The van der Waals surface area contributed by atoms with Crippen LogP contribution in [0.25, 0.3) is 0 Å². The van der Waals surface area contributed by atoms with Gasteiger partial charge in [0, 0.05) is 17.6 Å². The van der Waals surface area contributed by atoms with Crippen molar-refractivity contribution in [3.8, 4) is 5.75 Å². The highest BCUT2D eigenvalue weighted by Gasteiger charge is 2.22. The molecule has 4 heteroatoms. The molecule has 0 radical (unpaired) electrons. The van der Waals surface area contributed by atoms with E-state index in [2.05, 4.69) is 0 Å². The molecule has 128 valence electrons. The van der Waals surface area contributed by atoms with Gasteiger partial charge in [0.25, 0.3) is 0 Å². The molecule has 0 heterocycles. The summed E-state index contributed by atoms with van der Waals surface area (Å²) in [4.78, 5) is 14.1. The van der Waals surface area contributed by atoms with Gasteiger partial charge in [-0.05, 0) is 47.6 Å². The highest BCUT2D eigenvalue weighted by molar-refractivity contribution is 5.71. The summed E-state index contributed by atoms with van der Waals surface area (Å²) in [7, 11) is 0. The Kier molecular flexibility index (Phi) is 7.83. The number of carbonyl (C=O) groups is 1. The first kappa shape index (κ1) is 19.2. The van der Waals surface area contributed by atoms with Crippen molar-refractivity contribution < 1.29 is 14.3 Å². The van der Waals surface area contributed by atoms with Gasteiger partial charge in [0.1, 0.15) is 5.75 Å². The van der Waals surface area contributed by atoms with E-state index in [1.807, 2.05) is 65.8 Å². The first-order valence-corrected chi connectivity index (χ1v) is 8.12. The summed E-state index contributed by atoms with van der Waals surface area (Å²) in [5.74, 6) is 0.556. The van der Waals surface area contributed by atoms with Crippen LogP contribution in [-0.2, 0) is 11.3 Å². The lowest BCUT2D eigenvalue weighted by atomic mass is 10.2. The maximum absolute atomic E-state index is 12.4. The van der Waals surface area contributed by atoms with Crippen molar-refractivity contribution in [2.75, 3.05) is 6.61 Å². The highest BCUT2D eigenvalue weighted by Crippen LogP contribution is 2.21. The smallest absolute Gasteiger partial charge is 0.410 e. The van der Waals surface area contributed by atoms with Gasteiger partial charge < -0.3 is 14.4 Å². The second-order valence-electron chi connectivity index (χ2n) is 6.37. The van der Waals surface area contributed by atoms with Gasteiger partial charge in [0.2, 0.25) is 0 Å². The van der Waals surface area contributed by atoms with Crippen molar-refractivity contribution in [1.82, 2.24) is 4.90 Å². The topological polar surface area (TPSA) is 38.8 Å². The van der Waals surface area contributed by atoms with Gasteiger partial charge >= 0.3 is 6.09 Å². The van der Waals surface area contributed by atoms with Crippen LogP contribution in [0.3, 0.4) is 0 Å². The molecule has 0 unspecified atom stereocenters. The van der Waals surface area contributed by atoms with E-state index < -0.39 is 0 Å². The first-order chi connectivity index (χ1) is 10.8. The fourth-order valence-corrected chi connectivity index (χ4v) is 2.28. The number of amides is 1. The van der Waals surface area contributed by atoms with Gasteiger partial charge in [-0.15, -0.1) is 0 Å². The number of nitrogens with zero attached hydrogens (tertiary/aromatic N) is 1. The van der Waals surface area contributed by atoms with Crippen molar-refractivity contribution in [1.29, 1.82) is 0 Å². The van der Waals surface area contributed by atoms with Gasteiger partial charge in [-0.2, -0.15) is 0 Å². The van der Waals surface area contributed by atoms with Gasteiger partial charge in [0.05, 0.1) is 13.2 Å². The largest absolute Gasteiger partial charge is 0.415 e. The second kappa shape index (κ2) is 9.36. The Hall–Kier alpha value is -1.81. The van der Waals surface area contributed by atoms with Crippen molar-refractivity contribution >= 4 is 6.09 Å². The highest BCUT2D eigenvalue weighted by atomic mass is 16.6. The Balaban J connectivity index is 2.76. The quantitative estimate of drug-likeness (QED) is 0.536. The lowest BCUT2D eigenvalue weighted by molar-refractivity contribution is 0.118. The molecule has 0 spiro atoms. The fourth-order valence-electron chi connectivity index (χ4n) is 2.28. The Bertz CT molecular complexity index is 523. The number of para-hydroxylation sites is 1. The molecule has 1 amide bonds. The van der Waals surface area contributed by atoms with Crippen LogP contribution in [-0.4, -0.2) is 29.7 Å². The summed E-state index contributed by atoms with van der Waals surface area (Å²) in [6, 6.07) is 7.67. The SMILES string of the molecule is CC(C)=CCOCc1ccccc1OC(=O)N(C(C)C)C(C)C. The summed E-state index contributed by atoms with van der Waals surface area (Å²) in [6.07, 6.45) is 1.69. The lowest BCUT2D eigenvalue weighted by Crippen LogP contribution is -2.43. The molecule has 0 atom stereocenters. The van der Waals surface area contributed by atoms with E-state index in [4.69, 9.17) is 9.47 Å². The third kappa shape index (κ3) is 6.45. The third-order valence-corrected chi connectivity index (χ3v) is 3.36. The number of ether oxygens (including phenoxy) is 2. The molecule has 0 aliphatic heterocycles. The van der Waals surface area contributed by atoms with Gasteiger partial charge in [-0.25, -0.2) is 4.79 Å². The average Bonchev–Trinajstić information content (AvgIpc) is 2.44. The minimum absolute atomic E-state index is 0.0866. The predicted molar refractivity (Wildman–Crippen MR) is 93.7 cm³/mol. The summed E-state index contributed by atoms with van der Waals surface area (Å²) in [5.41, 5.74) is 2.09. The Labute approximate surface area is 140 Å². The number of carbonyl (C=O) groups excluding carboxylic acids is 1. The van der Waals surface area contributed by atoms with E-state index in [1.54, 1.807) is 11.0 Å². The van der Waals surface area contributed by atoms with Gasteiger partial charge in [-0.3, -0.25) is 0 Å². The van der Waals surface area contributed by atoms with E-state index in [1.165, 1.54) is 5.57 Å². The number of benzene rings is 1. The molecule has 0 aliphatic carbocycles. The predicted octanol–water partition coefficient (Wildman–Crippen LogP) is 4.79. The molecule has 0 N–H and O–H groups in total. The van der Waals surface area contributed by atoms with Crippen molar-refractivity contribution in [2.45, 2.75) is 60.2 Å². The maximum atomic E-state index is 12.4. The molecule has 0 aromatic heterocycles. The maximum Gasteiger partial charge on any atom is 0.415 e. The fraction of sp³-hybridized carbons (Fsp3) is 0.526. The number of hydrogen-bond donors (Lipinski definition) is 0. The van der Waals surface area contributed by atoms with Crippen LogP contribution in [0.15, 0.2) is 35.9 Å². The molecular formula is C19H29NO3. The van der Waals surface area contributed by atoms with Crippen molar-refractivity contribution in [3.63, 3.8) is 0 Å². The molecule has 1 aromatic rings. The van der Waals surface area contributed by atoms with Crippen molar-refractivity contribution in [2.24, 2.45) is 0 Å². The molecule has 0 saturated heterocycles. The number of allylic oxidation sites excluding steroid dienone is 1. The van der Waals surface area contributed by atoms with Crippen LogP contribution >= 0.6 is 0 Å². The Morgan fingerprint density at radius 3 is 2.30 bits per heavy atom. The zero-order valence-electron chi connectivity index (χ0n) is 15.1. The summed E-state index contributed by atoms with van der Waals surface area (Å²) >= 11 is 0. The van der Waals surface area contributed by atoms with Crippen LogP contribution in [0.5, 0.6) is 5.75 Å². The lowest BCUT2D eigenvalue weighted by Gasteiger charge is -2.29. The zero-order valence-corrected chi connectivity index (χ0v) is 15.1. The number of hydrogen-bond acceptors (Lipinski definition) is 3. The van der Waals surface area contributed by atoms with E-state index in [0.717, 1.165) is 5.56 Å². The van der Waals surface area contributed by atoms with E-state index in [-0.39, 0.29) is 18.2 Å². The van der Waals surface area contributed by atoms with Crippen molar-refractivity contribution in [3.05, 3.63) is 41.5 Å². The zero-order chi connectivity index (χ0) is 17.4. The molecule has 1 aromatic carbocycles. The Morgan fingerprint density at radius 1 is 1.13 bits per heavy atom. The molecule has 0 bridgehead atoms. The first-order valence-electron chi connectivity index (χ1n) is 8.12. The second-order valence-corrected chi connectivity index (χ2v) is 6.37. The van der Waals surface area contributed by atoms with Gasteiger partial charge in [0.15, 0.2) is 0 Å². The third-order valence-electron chi connectivity index (χ3n) is 3.36. The summed E-state index contributed by atoms with van der Waals surface area (Å²) < 4.78 is 11.2. The van der Waals surface area contributed by atoms with E-state index in [0.29, 0.717) is 19.0 Å². The van der Waals surface area contributed by atoms with Crippen LogP contribution in [0.2, 0.25) is 0 Å². The minimum Gasteiger partial charge on any atom is -0.410 e. The summed E-state index contributed by atoms with van der Waals surface area (Å²) in [5, 5.41) is 0. The van der Waals surface area contributed by atoms with Crippen LogP contribution in [0.4, 0.5) is 4.79 Å². The molecule has 23 heavy (non-hydrogen) atoms. The van der Waals surface area contributed by atoms with Crippen LogP contribution < -0.4 is 4.74 Å². The molecule has 0 aliphatic rings. The summed E-state index contributed by atoms with van der Waals surface area (Å²) in [6.45, 7) is 13.0. The van der Waals surface area contributed by atoms with Crippen LogP contribution in [0.1, 0.15) is 47.1 Å². The van der Waals surface area contributed by atoms with Gasteiger partial charge in [-0.1, -0.05) is 29.8 Å². The number of rotatable bonds is 7. The average molecular weight is 319 g/mol. The standard InChI is InChI=1S/C19H29NO3/c1-14(2)11-12-22-13-17-9-7-8-10-18(17)23-19(21)20(15(3)4)16(5)6/h7-11,15-16H,12-13H2,1-6H3. The minimum atomic E-state index is -0.327. The van der Waals surface area contributed by atoms with Crippen LogP contribution in [0, 0.1) is 0 Å². The van der Waals surface area contributed by atoms with E-state index in [9.17, 15) is 4.79 Å². The monoisotopic (exact) mass is 319 g/mol.